The van der Waals surface area contributed by atoms with Crippen LogP contribution in [-0.4, -0.2) is 51.4 Å². The summed E-state index contributed by atoms with van der Waals surface area (Å²) in [7, 11) is 1.58. The molecule has 9 nitrogen and oxygen atoms in total. The standard InChI is InChI=1S/C14H15FN6O3/c1-8(22)16-6-10-7-21(14(23)24-10)9-3-4-11(12(15)5-9)13-17-19-20(2)18-13/h3-5,10H,6-7H2,1-2H3,(H,16,22)/t10-/m0/s1. The molecule has 1 atom stereocenters. The highest BCUT2D eigenvalue weighted by atomic mass is 19.1. The molecule has 1 N–H and O–H groups in total. The average Bonchev–Trinajstić information content (AvgIpc) is 3.11. The summed E-state index contributed by atoms with van der Waals surface area (Å²) in [4.78, 5) is 25.4. The van der Waals surface area contributed by atoms with Crippen LogP contribution in [0.2, 0.25) is 0 Å². The van der Waals surface area contributed by atoms with Gasteiger partial charge in [0.1, 0.15) is 11.9 Å². The van der Waals surface area contributed by atoms with Gasteiger partial charge < -0.3 is 10.1 Å². The van der Waals surface area contributed by atoms with E-state index in [-0.39, 0.29) is 30.4 Å². The lowest BCUT2D eigenvalue weighted by atomic mass is 10.1. The Kier molecular flexibility index (Phi) is 4.11. The maximum absolute atomic E-state index is 14.3. The highest BCUT2D eigenvalue weighted by molar-refractivity contribution is 5.90. The number of aromatic nitrogens is 4. The Morgan fingerprint density at radius 3 is 2.92 bits per heavy atom. The maximum Gasteiger partial charge on any atom is 0.414 e. The number of hydrogen-bond acceptors (Lipinski definition) is 6. The van der Waals surface area contributed by atoms with E-state index in [1.54, 1.807) is 13.1 Å². The van der Waals surface area contributed by atoms with Crippen molar-refractivity contribution < 1.29 is 18.7 Å². The lowest BCUT2D eigenvalue weighted by Gasteiger charge is -2.13. The second-order valence-electron chi connectivity index (χ2n) is 5.32. The van der Waals surface area contributed by atoms with E-state index in [4.69, 9.17) is 4.74 Å². The first-order valence-electron chi connectivity index (χ1n) is 7.20. The van der Waals surface area contributed by atoms with Gasteiger partial charge in [-0.1, -0.05) is 0 Å². The number of carbonyl (C=O) groups is 2. The fourth-order valence-electron chi connectivity index (χ4n) is 2.34. The number of tetrazole rings is 1. The van der Waals surface area contributed by atoms with Crippen molar-refractivity contribution in [2.24, 2.45) is 7.05 Å². The van der Waals surface area contributed by atoms with Crippen LogP contribution in [0.5, 0.6) is 0 Å². The number of aryl methyl sites for hydroxylation is 1. The molecule has 1 fully saturated rings. The largest absolute Gasteiger partial charge is 0.442 e. The molecular weight excluding hydrogens is 319 g/mol. The van der Waals surface area contributed by atoms with Gasteiger partial charge in [-0.15, -0.1) is 10.2 Å². The molecule has 0 radical (unpaired) electrons. The zero-order chi connectivity index (χ0) is 17.3. The second kappa shape index (κ2) is 6.22. The minimum absolute atomic E-state index is 0.161. The molecule has 1 saturated heterocycles. The van der Waals surface area contributed by atoms with Gasteiger partial charge in [0.25, 0.3) is 0 Å². The summed E-state index contributed by atoms with van der Waals surface area (Å²) in [5.41, 5.74) is 0.546. The van der Waals surface area contributed by atoms with Crippen LogP contribution in [0, 0.1) is 5.82 Å². The number of nitrogens with zero attached hydrogens (tertiary/aromatic N) is 5. The summed E-state index contributed by atoms with van der Waals surface area (Å²) in [6.45, 7) is 1.81. The Balaban J connectivity index is 1.77. The molecule has 2 amide bonds. The minimum Gasteiger partial charge on any atom is -0.442 e. The number of nitrogens with one attached hydrogen (secondary N) is 1. The number of rotatable bonds is 4. The van der Waals surface area contributed by atoms with Crippen molar-refractivity contribution in [3.05, 3.63) is 24.0 Å². The number of anilines is 1. The molecule has 0 bridgehead atoms. The van der Waals surface area contributed by atoms with Crippen molar-refractivity contribution in [3.63, 3.8) is 0 Å². The zero-order valence-corrected chi connectivity index (χ0v) is 13.1. The van der Waals surface area contributed by atoms with Crippen molar-refractivity contribution in [1.82, 2.24) is 25.5 Å². The number of halogens is 1. The minimum atomic E-state index is -0.588. The van der Waals surface area contributed by atoms with Crippen molar-refractivity contribution in [2.75, 3.05) is 18.0 Å². The fourth-order valence-corrected chi connectivity index (χ4v) is 2.34. The number of cyclic esters (lactones) is 1. The highest BCUT2D eigenvalue weighted by Crippen LogP contribution is 2.27. The van der Waals surface area contributed by atoms with Gasteiger partial charge >= 0.3 is 6.09 Å². The summed E-state index contributed by atoms with van der Waals surface area (Å²) < 4.78 is 19.5. The van der Waals surface area contributed by atoms with E-state index in [1.807, 2.05) is 0 Å². The fraction of sp³-hybridized carbons (Fsp3) is 0.357. The normalized spacial score (nSPS) is 17.0. The third-order valence-electron chi connectivity index (χ3n) is 3.47. The Labute approximate surface area is 136 Å². The van der Waals surface area contributed by atoms with E-state index in [9.17, 15) is 14.0 Å². The SMILES string of the molecule is CC(=O)NC[C@H]1CN(c2ccc(-c3nnn(C)n3)c(F)c2)C(=O)O1. The summed E-state index contributed by atoms with van der Waals surface area (Å²) >= 11 is 0. The molecule has 2 aromatic rings. The van der Waals surface area contributed by atoms with Gasteiger partial charge in [-0.25, -0.2) is 9.18 Å². The van der Waals surface area contributed by atoms with E-state index in [0.29, 0.717) is 5.69 Å². The molecule has 2 heterocycles. The predicted molar refractivity (Wildman–Crippen MR) is 80.5 cm³/mol. The third-order valence-corrected chi connectivity index (χ3v) is 3.47. The van der Waals surface area contributed by atoms with E-state index in [1.165, 1.54) is 28.8 Å². The summed E-state index contributed by atoms with van der Waals surface area (Å²) in [6.07, 6.45) is -1.07. The van der Waals surface area contributed by atoms with Crippen molar-refractivity contribution in [1.29, 1.82) is 0 Å². The molecule has 126 valence electrons. The zero-order valence-electron chi connectivity index (χ0n) is 13.1. The lowest BCUT2D eigenvalue weighted by molar-refractivity contribution is -0.119. The first-order chi connectivity index (χ1) is 11.4. The molecule has 0 spiro atoms. The number of carbonyl (C=O) groups excluding carboxylic acids is 2. The first kappa shape index (κ1) is 15.8. The van der Waals surface area contributed by atoms with Gasteiger partial charge in [0.2, 0.25) is 11.7 Å². The molecule has 0 saturated carbocycles. The number of amides is 2. The molecule has 0 unspecified atom stereocenters. The van der Waals surface area contributed by atoms with E-state index in [0.717, 1.165) is 0 Å². The molecular formula is C14H15FN6O3. The Morgan fingerprint density at radius 1 is 1.50 bits per heavy atom. The van der Waals surface area contributed by atoms with Crippen LogP contribution in [0.1, 0.15) is 6.92 Å². The van der Waals surface area contributed by atoms with Gasteiger partial charge in [0.05, 0.1) is 31.4 Å². The monoisotopic (exact) mass is 334 g/mol. The van der Waals surface area contributed by atoms with E-state index < -0.39 is 18.0 Å². The Morgan fingerprint density at radius 2 is 2.29 bits per heavy atom. The van der Waals surface area contributed by atoms with Gasteiger partial charge in [0, 0.05) is 6.92 Å². The first-order valence-corrected chi connectivity index (χ1v) is 7.20. The summed E-state index contributed by atoms with van der Waals surface area (Å²) in [5.74, 6) is -0.621. The van der Waals surface area contributed by atoms with Gasteiger partial charge in [-0.05, 0) is 23.4 Å². The quantitative estimate of drug-likeness (QED) is 0.872. The Bertz CT molecular complexity index is 793. The third kappa shape index (κ3) is 3.16. The van der Waals surface area contributed by atoms with Crippen LogP contribution < -0.4 is 10.2 Å². The smallest absolute Gasteiger partial charge is 0.414 e. The molecule has 1 aliphatic rings. The van der Waals surface area contributed by atoms with E-state index >= 15 is 0 Å². The number of ether oxygens (including phenoxy) is 1. The summed E-state index contributed by atoms with van der Waals surface area (Å²) in [6, 6.07) is 4.28. The average molecular weight is 334 g/mol. The van der Waals surface area contributed by atoms with Crippen molar-refractivity contribution in [3.8, 4) is 11.4 Å². The second-order valence-corrected chi connectivity index (χ2v) is 5.32. The molecule has 1 aliphatic heterocycles. The van der Waals surface area contributed by atoms with Crippen LogP contribution in [0.3, 0.4) is 0 Å². The maximum atomic E-state index is 14.3. The lowest BCUT2D eigenvalue weighted by Crippen LogP contribution is -2.33. The van der Waals surface area contributed by atoms with Crippen LogP contribution in [0.4, 0.5) is 14.9 Å². The molecule has 10 heteroatoms. The molecule has 1 aromatic carbocycles. The van der Waals surface area contributed by atoms with Gasteiger partial charge in [-0.3, -0.25) is 9.69 Å². The van der Waals surface area contributed by atoms with Crippen LogP contribution >= 0.6 is 0 Å². The summed E-state index contributed by atoms with van der Waals surface area (Å²) in [5, 5.41) is 13.9. The van der Waals surface area contributed by atoms with E-state index in [2.05, 4.69) is 20.7 Å². The van der Waals surface area contributed by atoms with Crippen LogP contribution in [0.25, 0.3) is 11.4 Å². The van der Waals surface area contributed by atoms with Gasteiger partial charge in [-0.2, -0.15) is 4.80 Å². The van der Waals surface area contributed by atoms with Crippen LogP contribution in [-0.2, 0) is 16.6 Å². The topological polar surface area (TPSA) is 102 Å². The number of benzene rings is 1. The van der Waals surface area contributed by atoms with Crippen molar-refractivity contribution >= 4 is 17.7 Å². The Hall–Kier alpha value is -3.04. The molecule has 0 aliphatic carbocycles. The van der Waals surface area contributed by atoms with Gasteiger partial charge in [0.15, 0.2) is 0 Å². The molecule has 1 aromatic heterocycles. The number of hydrogen-bond donors (Lipinski definition) is 1. The van der Waals surface area contributed by atoms with Crippen LogP contribution in [0.15, 0.2) is 18.2 Å². The predicted octanol–water partition coefficient (Wildman–Crippen LogP) is 0.477. The molecule has 3 rings (SSSR count). The van der Waals surface area contributed by atoms with Crippen molar-refractivity contribution in [2.45, 2.75) is 13.0 Å². The molecule has 24 heavy (non-hydrogen) atoms. The highest BCUT2D eigenvalue weighted by Gasteiger charge is 2.32.